The molecule has 0 fully saturated rings. The van der Waals surface area contributed by atoms with E-state index in [0.717, 1.165) is 29.5 Å². The normalized spacial score (nSPS) is 9.68. The third-order valence-corrected chi connectivity index (χ3v) is 4.15. The van der Waals surface area contributed by atoms with E-state index in [1.807, 2.05) is 0 Å². The quantitative estimate of drug-likeness (QED) is 0.427. The summed E-state index contributed by atoms with van der Waals surface area (Å²) in [4.78, 5) is 0. The average Bonchev–Trinajstić information content (AvgIpc) is 2.66. The van der Waals surface area contributed by atoms with E-state index in [0.29, 0.717) is 0 Å². The van der Waals surface area contributed by atoms with Crippen LogP contribution < -0.4 is 0 Å². The van der Waals surface area contributed by atoms with Gasteiger partial charge in [-0.05, 0) is 61.2 Å². The second-order valence-electron chi connectivity index (χ2n) is 6.39. The molecule has 0 amide bonds. The summed E-state index contributed by atoms with van der Waals surface area (Å²) in [6, 6.07) is 16.8. The van der Waals surface area contributed by atoms with E-state index in [4.69, 9.17) is 0 Å². The van der Waals surface area contributed by atoms with Crippen molar-refractivity contribution in [2.24, 2.45) is 0 Å². The van der Waals surface area contributed by atoms with E-state index in [2.05, 4.69) is 86.1 Å². The molecule has 0 atom stereocenters. The van der Waals surface area contributed by atoms with Gasteiger partial charge in [0.05, 0.1) is 0 Å². The van der Waals surface area contributed by atoms with E-state index in [1.54, 1.807) is 0 Å². The first-order chi connectivity index (χ1) is 12.3. The van der Waals surface area contributed by atoms with Crippen LogP contribution in [0.5, 0.6) is 0 Å². The number of benzene rings is 2. The van der Waals surface area contributed by atoms with Crippen LogP contribution in [0, 0.1) is 23.7 Å². The molecule has 0 aliphatic carbocycles. The van der Waals surface area contributed by atoms with Crippen LogP contribution in [-0.4, -0.2) is 0 Å². The van der Waals surface area contributed by atoms with Gasteiger partial charge in [-0.25, -0.2) is 0 Å². The fourth-order valence-electron chi connectivity index (χ4n) is 2.54. The van der Waals surface area contributed by atoms with Crippen LogP contribution in [0.15, 0.2) is 48.5 Å². The van der Waals surface area contributed by atoms with Crippen molar-refractivity contribution in [3.8, 4) is 23.7 Å². The lowest BCUT2D eigenvalue weighted by Crippen LogP contribution is -1.84. The van der Waals surface area contributed by atoms with Crippen molar-refractivity contribution < 1.29 is 0 Å². The minimum absolute atomic E-state index is 0.990. The number of hydrogen-bond donors (Lipinski definition) is 0. The van der Waals surface area contributed by atoms with Crippen molar-refractivity contribution in [1.29, 1.82) is 0 Å². The molecule has 0 nitrogen and oxygen atoms in total. The third kappa shape index (κ3) is 7.32. The fourth-order valence-corrected chi connectivity index (χ4v) is 2.54. The number of hydrogen-bond acceptors (Lipinski definition) is 0. The standard InChI is InChI=1S/C25H28/c1-3-5-7-8-9-11-23-14-18-25(19-15-23)21-20-24-16-12-22(13-17-24)10-6-4-2/h12-19H,3-8,10H2,1-2H3. The molecule has 0 aliphatic rings. The van der Waals surface area contributed by atoms with Crippen LogP contribution in [0.25, 0.3) is 0 Å². The smallest absolute Gasteiger partial charge is 0.0249 e. The predicted molar refractivity (Wildman–Crippen MR) is 108 cm³/mol. The molecule has 0 spiro atoms. The van der Waals surface area contributed by atoms with E-state index < -0.39 is 0 Å². The van der Waals surface area contributed by atoms with Crippen molar-refractivity contribution in [1.82, 2.24) is 0 Å². The first kappa shape index (κ1) is 18.9. The molecule has 2 rings (SSSR count). The maximum atomic E-state index is 3.25. The lowest BCUT2D eigenvalue weighted by Gasteiger charge is -1.99. The van der Waals surface area contributed by atoms with Gasteiger partial charge >= 0.3 is 0 Å². The molecule has 0 heteroatoms. The van der Waals surface area contributed by atoms with E-state index in [9.17, 15) is 0 Å². The second kappa shape index (κ2) is 11.2. The van der Waals surface area contributed by atoms with E-state index in [-0.39, 0.29) is 0 Å². The maximum absolute atomic E-state index is 3.25. The SMILES string of the molecule is CCCCCC#Cc1ccc(C#Cc2ccc(CCCC)cc2)cc1. The molecule has 0 aromatic heterocycles. The van der Waals surface area contributed by atoms with Gasteiger partial charge in [0.1, 0.15) is 0 Å². The molecule has 0 unspecified atom stereocenters. The van der Waals surface area contributed by atoms with Crippen LogP contribution in [0.2, 0.25) is 0 Å². The van der Waals surface area contributed by atoms with Crippen LogP contribution in [0.1, 0.15) is 74.6 Å². The Morgan fingerprint density at radius 3 is 1.68 bits per heavy atom. The Kier molecular flexibility index (Phi) is 8.44. The Bertz CT molecular complexity index is 740. The summed E-state index contributed by atoms with van der Waals surface area (Å²) < 4.78 is 0. The van der Waals surface area contributed by atoms with Crippen molar-refractivity contribution in [3.63, 3.8) is 0 Å². The van der Waals surface area contributed by atoms with Crippen molar-refractivity contribution in [3.05, 3.63) is 70.8 Å². The van der Waals surface area contributed by atoms with Gasteiger partial charge < -0.3 is 0 Å². The van der Waals surface area contributed by atoms with Crippen molar-refractivity contribution >= 4 is 0 Å². The molecule has 0 N–H and O–H groups in total. The molecule has 0 heterocycles. The minimum Gasteiger partial charge on any atom is -0.0979 e. The maximum Gasteiger partial charge on any atom is 0.0249 e. The summed E-state index contributed by atoms with van der Waals surface area (Å²) in [5.74, 6) is 13.0. The monoisotopic (exact) mass is 328 g/mol. The lowest BCUT2D eigenvalue weighted by atomic mass is 10.1. The molecule has 0 aliphatic heterocycles. The highest BCUT2D eigenvalue weighted by Crippen LogP contribution is 2.08. The number of rotatable bonds is 6. The Hall–Kier alpha value is -2.44. The highest BCUT2D eigenvalue weighted by Gasteiger charge is 1.93. The zero-order chi connectivity index (χ0) is 17.7. The third-order valence-electron chi connectivity index (χ3n) is 4.15. The topological polar surface area (TPSA) is 0 Å². The second-order valence-corrected chi connectivity index (χ2v) is 6.39. The molecular weight excluding hydrogens is 300 g/mol. The van der Waals surface area contributed by atoms with Gasteiger partial charge in [0.2, 0.25) is 0 Å². The first-order valence-corrected chi connectivity index (χ1v) is 9.51. The number of unbranched alkanes of at least 4 members (excludes halogenated alkanes) is 4. The summed E-state index contributed by atoms with van der Waals surface area (Å²) in [6.45, 7) is 4.44. The summed E-state index contributed by atoms with van der Waals surface area (Å²) in [5, 5.41) is 0. The van der Waals surface area contributed by atoms with Gasteiger partial charge in [-0.15, -0.1) is 0 Å². The highest BCUT2D eigenvalue weighted by atomic mass is 14.0. The predicted octanol–water partition coefficient (Wildman–Crippen LogP) is 6.36. The van der Waals surface area contributed by atoms with E-state index >= 15 is 0 Å². The highest BCUT2D eigenvalue weighted by molar-refractivity contribution is 5.46. The first-order valence-electron chi connectivity index (χ1n) is 9.51. The Balaban J connectivity index is 1.92. The molecule has 0 bridgehead atoms. The largest absolute Gasteiger partial charge is 0.0979 e. The molecule has 0 radical (unpaired) electrons. The molecule has 2 aromatic rings. The Morgan fingerprint density at radius 2 is 1.12 bits per heavy atom. The Morgan fingerprint density at radius 1 is 0.600 bits per heavy atom. The lowest BCUT2D eigenvalue weighted by molar-refractivity contribution is 0.737. The van der Waals surface area contributed by atoms with E-state index in [1.165, 1.54) is 37.7 Å². The van der Waals surface area contributed by atoms with Gasteiger partial charge in [0.25, 0.3) is 0 Å². The molecule has 2 aromatic carbocycles. The van der Waals surface area contributed by atoms with Gasteiger partial charge in [-0.1, -0.05) is 68.9 Å². The average molecular weight is 328 g/mol. The zero-order valence-electron chi connectivity index (χ0n) is 15.6. The molecule has 128 valence electrons. The summed E-state index contributed by atoms with van der Waals surface area (Å²) in [7, 11) is 0. The van der Waals surface area contributed by atoms with Gasteiger partial charge in [0, 0.05) is 23.1 Å². The Labute approximate surface area is 153 Å². The summed E-state index contributed by atoms with van der Waals surface area (Å²) >= 11 is 0. The van der Waals surface area contributed by atoms with Crippen LogP contribution in [-0.2, 0) is 6.42 Å². The molecule has 0 saturated heterocycles. The van der Waals surface area contributed by atoms with Gasteiger partial charge in [-0.3, -0.25) is 0 Å². The molecule has 0 saturated carbocycles. The minimum atomic E-state index is 0.990. The molecular formula is C25H28. The van der Waals surface area contributed by atoms with Gasteiger partial charge in [0.15, 0.2) is 0 Å². The summed E-state index contributed by atoms with van der Waals surface area (Å²) in [6.07, 6.45) is 8.35. The van der Waals surface area contributed by atoms with Crippen LogP contribution in [0.4, 0.5) is 0 Å². The fraction of sp³-hybridized carbons (Fsp3) is 0.360. The van der Waals surface area contributed by atoms with Crippen LogP contribution in [0.3, 0.4) is 0 Å². The van der Waals surface area contributed by atoms with Crippen molar-refractivity contribution in [2.45, 2.75) is 58.8 Å². The van der Waals surface area contributed by atoms with Gasteiger partial charge in [-0.2, -0.15) is 0 Å². The van der Waals surface area contributed by atoms with Crippen molar-refractivity contribution in [2.75, 3.05) is 0 Å². The van der Waals surface area contributed by atoms with Crippen LogP contribution >= 0.6 is 0 Å². The number of aryl methyl sites for hydroxylation is 1. The zero-order valence-corrected chi connectivity index (χ0v) is 15.6. The summed E-state index contributed by atoms with van der Waals surface area (Å²) in [5.41, 5.74) is 4.57. The molecule has 25 heavy (non-hydrogen) atoms.